The highest BCUT2D eigenvalue weighted by molar-refractivity contribution is 7.84. The van der Waals surface area contributed by atoms with Gasteiger partial charge in [-0.05, 0) is 82.5 Å². The molecule has 0 spiro atoms. The summed E-state index contributed by atoms with van der Waals surface area (Å²) in [6, 6.07) is 6.85. The van der Waals surface area contributed by atoms with E-state index in [-0.39, 0.29) is 37.9 Å². The standard InChI is InChI=1S/C33H54F3N5O4SSi/c1-21(2)26-18-40(30(42)39-26)28(22-10-11-22)23-12-13-27-25(16-23)38-29(41(27)20-44-14-15-47(7,8)9)24(17-31(3,4)46(37)43)19-45-32(5,6)33(34,35)36/h12-13,16,21-22,24,26,28H,10-11,14-15,17-20,37H2,1-9H3,(H,39,42)/t24-,26-,28+,46?/m0/s1. The lowest BCUT2D eigenvalue weighted by Gasteiger charge is -2.32. The number of nitrogens with one attached hydrogen (secondary N) is 1. The summed E-state index contributed by atoms with van der Waals surface area (Å²) in [6.45, 7) is 17.5. The van der Waals surface area contributed by atoms with E-state index in [1.165, 1.54) is 0 Å². The Hall–Kier alpha value is -2.00. The van der Waals surface area contributed by atoms with Crippen molar-refractivity contribution in [1.29, 1.82) is 0 Å². The normalized spacial score (nSPS) is 20.3. The number of aromatic nitrogens is 2. The molecule has 1 saturated heterocycles. The van der Waals surface area contributed by atoms with Gasteiger partial charge in [-0.15, -0.1) is 0 Å². The van der Waals surface area contributed by atoms with E-state index in [1.807, 2.05) is 27.7 Å². The molecule has 47 heavy (non-hydrogen) atoms. The molecule has 2 fully saturated rings. The van der Waals surface area contributed by atoms with Gasteiger partial charge < -0.3 is 24.3 Å². The van der Waals surface area contributed by atoms with Crippen molar-refractivity contribution in [2.45, 2.75) is 128 Å². The molecule has 2 heterocycles. The molecular formula is C33H54F3N5O4SSi. The zero-order valence-corrected chi connectivity index (χ0v) is 31.2. The van der Waals surface area contributed by atoms with E-state index >= 15 is 0 Å². The Morgan fingerprint density at radius 1 is 1.15 bits per heavy atom. The summed E-state index contributed by atoms with van der Waals surface area (Å²) < 4.78 is 66.8. The Bertz CT molecular complexity index is 1440. The number of hydrogen-bond acceptors (Lipinski definition) is 5. The number of carbonyl (C=O) groups excluding carboxylic acids is 1. The minimum Gasteiger partial charge on any atom is -0.365 e. The van der Waals surface area contributed by atoms with Gasteiger partial charge in [0.2, 0.25) is 0 Å². The molecule has 3 N–H and O–H groups in total. The van der Waals surface area contributed by atoms with Crippen LogP contribution >= 0.6 is 0 Å². The number of imidazole rings is 1. The number of amides is 2. The van der Waals surface area contributed by atoms with Gasteiger partial charge >= 0.3 is 12.2 Å². The van der Waals surface area contributed by atoms with Crippen LogP contribution < -0.4 is 10.5 Å². The second-order valence-corrected chi connectivity index (χ2v) is 23.3. The fraction of sp³-hybridized carbons (Fsp3) is 0.758. The lowest BCUT2D eigenvalue weighted by Crippen LogP contribution is -2.43. The number of hydrogen-bond donors (Lipinski definition) is 2. The molecule has 1 aromatic carbocycles. The molecule has 1 aromatic heterocycles. The average Bonchev–Trinajstić information content (AvgIpc) is 3.60. The van der Waals surface area contributed by atoms with Crippen molar-refractivity contribution in [3.05, 3.63) is 29.6 Å². The summed E-state index contributed by atoms with van der Waals surface area (Å²) in [5, 5.41) is 8.99. The first-order valence-electron chi connectivity index (χ1n) is 16.6. The molecule has 1 aliphatic carbocycles. The molecule has 2 aromatic rings. The third kappa shape index (κ3) is 9.17. The van der Waals surface area contributed by atoms with E-state index in [0.29, 0.717) is 36.3 Å². The number of benzene rings is 1. The molecule has 9 nitrogen and oxygen atoms in total. The summed E-state index contributed by atoms with van der Waals surface area (Å²) in [4.78, 5) is 20.1. The number of nitrogens with two attached hydrogens (primary N) is 1. The van der Waals surface area contributed by atoms with Gasteiger partial charge in [0.1, 0.15) is 12.6 Å². The number of alkyl halides is 3. The highest BCUT2D eigenvalue weighted by Crippen LogP contribution is 2.46. The van der Waals surface area contributed by atoms with Crippen LogP contribution in [-0.4, -0.2) is 75.1 Å². The van der Waals surface area contributed by atoms with Crippen molar-refractivity contribution in [2.75, 3.05) is 19.8 Å². The fourth-order valence-corrected chi connectivity index (χ4v) is 7.06. The van der Waals surface area contributed by atoms with Crippen LogP contribution in [-0.2, 0) is 27.2 Å². The second kappa shape index (κ2) is 14.1. The van der Waals surface area contributed by atoms with Gasteiger partial charge in [0.05, 0.1) is 45.5 Å². The van der Waals surface area contributed by atoms with E-state index in [0.717, 1.165) is 43.8 Å². The van der Waals surface area contributed by atoms with Crippen LogP contribution in [0.2, 0.25) is 25.7 Å². The van der Waals surface area contributed by atoms with Crippen LogP contribution in [0.25, 0.3) is 11.0 Å². The second-order valence-electron chi connectivity index (χ2n) is 16.0. The summed E-state index contributed by atoms with van der Waals surface area (Å²) >= 11 is 0. The maximum Gasteiger partial charge on any atom is 0.416 e. The van der Waals surface area contributed by atoms with Gasteiger partial charge in [0, 0.05) is 27.1 Å². The Morgan fingerprint density at radius 2 is 1.81 bits per heavy atom. The van der Waals surface area contributed by atoms with Gasteiger partial charge in [0.25, 0.3) is 0 Å². The van der Waals surface area contributed by atoms with E-state index in [1.54, 1.807) is 13.8 Å². The first kappa shape index (κ1) is 37.8. The number of urea groups is 1. The lowest BCUT2D eigenvalue weighted by molar-refractivity contribution is -0.265. The van der Waals surface area contributed by atoms with Crippen LogP contribution in [0.15, 0.2) is 18.2 Å². The van der Waals surface area contributed by atoms with Crippen molar-refractivity contribution in [2.24, 2.45) is 17.0 Å². The summed E-state index contributed by atoms with van der Waals surface area (Å²) in [6.07, 6.45) is -2.36. The van der Waals surface area contributed by atoms with Crippen LogP contribution in [0.5, 0.6) is 0 Å². The maximum atomic E-state index is 13.9. The summed E-state index contributed by atoms with van der Waals surface area (Å²) in [5.41, 5.74) is -0.00553. The average molecular weight is 702 g/mol. The van der Waals surface area contributed by atoms with Crippen molar-refractivity contribution < 1.29 is 31.6 Å². The number of fused-ring (bicyclic) bond motifs is 1. The number of rotatable bonds is 16. The highest BCUT2D eigenvalue weighted by Gasteiger charge is 2.49. The Kier molecular flexibility index (Phi) is 11.3. The smallest absolute Gasteiger partial charge is 0.365 e. The zero-order chi connectivity index (χ0) is 35.1. The fourth-order valence-electron chi connectivity index (χ4n) is 5.94. The Morgan fingerprint density at radius 3 is 2.34 bits per heavy atom. The summed E-state index contributed by atoms with van der Waals surface area (Å²) in [7, 11) is -3.14. The van der Waals surface area contributed by atoms with E-state index in [9.17, 15) is 22.2 Å². The zero-order valence-electron chi connectivity index (χ0n) is 29.4. The third-order valence-corrected chi connectivity index (χ3v) is 12.5. The largest absolute Gasteiger partial charge is 0.416 e. The molecule has 1 aliphatic heterocycles. The monoisotopic (exact) mass is 701 g/mol. The molecular weight excluding hydrogens is 648 g/mol. The highest BCUT2D eigenvalue weighted by atomic mass is 32.2. The Balaban J connectivity index is 1.77. The molecule has 4 atom stereocenters. The SMILES string of the molecule is CC(C)[C@@H]1CN([C@@H](c2ccc3c(c2)nc([C@H](COC(C)(C)C(F)(F)F)CC(C)(C)S(N)=O)n3COCC[Si](C)(C)C)C2CC2)C(=O)N1. The minimum atomic E-state index is -4.59. The van der Waals surface area contributed by atoms with E-state index in [2.05, 4.69) is 38.8 Å². The predicted octanol–water partition coefficient (Wildman–Crippen LogP) is 7.08. The van der Waals surface area contributed by atoms with Crippen LogP contribution in [0.4, 0.5) is 18.0 Å². The van der Waals surface area contributed by atoms with Gasteiger partial charge in [-0.1, -0.05) is 39.6 Å². The quantitative estimate of drug-likeness (QED) is 0.144. The van der Waals surface area contributed by atoms with Gasteiger partial charge in [-0.25, -0.2) is 14.0 Å². The molecule has 0 bridgehead atoms. The molecule has 14 heteroatoms. The van der Waals surface area contributed by atoms with Crippen molar-refractivity contribution in [3.8, 4) is 0 Å². The first-order valence-corrected chi connectivity index (χ1v) is 21.6. The van der Waals surface area contributed by atoms with Gasteiger partial charge in [0.15, 0.2) is 5.60 Å². The molecule has 266 valence electrons. The molecule has 1 saturated carbocycles. The predicted molar refractivity (Wildman–Crippen MR) is 183 cm³/mol. The number of carbonyl (C=O) groups is 1. The molecule has 1 unspecified atom stereocenters. The van der Waals surface area contributed by atoms with E-state index < -0.39 is 41.5 Å². The van der Waals surface area contributed by atoms with Crippen LogP contribution in [0.3, 0.4) is 0 Å². The van der Waals surface area contributed by atoms with Crippen molar-refractivity contribution >= 4 is 36.1 Å². The maximum absolute atomic E-state index is 13.9. The van der Waals surface area contributed by atoms with Crippen molar-refractivity contribution in [3.63, 3.8) is 0 Å². The van der Waals surface area contributed by atoms with Gasteiger partial charge in [-0.3, -0.25) is 5.14 Å². The summed E-state index contributed by atoms with van der Waals surface area (Å²) in [5.74, 6) is 0.468. The van der Waals surface area contributed by atoms with Crippen molar-refractivity contribution in [1.82, 2.24) is 19.8 Å². The van der Waals surface area contributed by atoms with E-state index in [4.69, 9.17) is 19.6 Å². The number of nitrogens with zero attached hydrogens (tertiary/aromatic N) is 3. The third-order valence-electron chi connectivity index (χ3n) is 9.51. The minimum absolute atomic E-state index is 0.0655. The molecule has 4 rings (SSSR count). The number of halogens is 3. The topological polar surface area (TPSA) is 112 Å². The Labute approximate surface area is 281 Å². The van der Waals surface area contributed by atoms with Gasteiger partial charge in [-0.2, -0.15) is 13.2 Å². The molecule has 0 radical (unpaired) electrons. The molecule has 2 aliphatic rings. The van der Waals surface area contributed by atoms with Crippen LogP contribution in [0, 0.1) is 11.8 Å². The first-order chi connectivity index (χ1) is 21.6. The molecule has 2 amide bonds. The number of ether oxygens (including phenoxy) is 2. The lowest BCUT2D eigenvalue weighted by atomic mass is 9.95. The van der Waals surface area contributed by atoms with Crippen LogP contribution in [0.1, 0.15) is 84.2 Å².